The average molecular weight is 300 g/mol. The third-order valence-electron chi connectivity index (χ3n) is 4.48. The molecule has 2 heterocycles. The van der Waals surface area contributed by atoms with Crippen LogP contribution in [0.2, 0.25) is 0 Å². The van der Waals surface area contributed by atoms with Gasteiger partial charge < -0.3 is 15.0 Å². The lowest BCUT2D eigenvalue weighted by molar-refractivity contribution is -0.122. The van der Waals surface area contributed by atoms with Gasteiger partial charge in [-0.1, -0.05) is 25.1 Å². The van der Waals surface area contributed by atoms with E-state index in [0.29, 0.717) is 13.0 Å². The zero-order valence-corrected chi connectivity index (χ0v) is 13.4. The summed E-state index contributed by atoms with van der Waals surface area (Å²) in [5.74, 6) is 0.0846. The molecule has 2 aromatic rings. The Bertz CT molecular complexity index is 669. The van der Waals surface area contributed by atoms with Crippen molar-refractivity contribution in [3.05, 3.63) is 35.0 Å². The molecule has 0 radical (unpaired) electrons. The zero-order chi connectivity index (χ0) is 15.5. The van der Waals surface area contributed by atoms with Crippen LogP contribution in [0.3, 0.4) is 0 Å². The van der Waals surface area contributed by atoms with Gasteiger partial charge in [-0.3, -0.25) is 4.79 Å². The lowest BCUT2D eigenvalue weighted by atomic mass is 10.0. The van der Waals surface area contributed by atoms with E-state index in [-0.39, 0.29) is 11.9 Å². The van der Waals surface area contributed by atoms with Crippen molar-refractivity contribution in [1.82, 2.24) is 10.3 Å². The summed E-state index contributed by atoms with van der Waals surface area (Å²) in [6.45, 7) is 5.65. The molecule has 1 unspecified atom stereocenters. The molecule has 0 bridgehead atoms. The van der Waals surface area contributed by atoms with Gasteiger partial charge in [0.15, 0.2) is 0 Å². The second kappa shape index (κ2) is 6.53. The molecule has 4 nitrogen and oxygen atoms in total. The third kappa shape index (κ3) is 3.02. The predicted molar refractivity (Wildman–Crippen MR) is 88.1 cm³/mol. The minimum Gasteiger partial charge on any atom is -0.379 e. The number of aromatic amines is 1. The third-order valence-corrected chi connectivity index (χ3v) is 4.48. The molecule has 0 saturated carbocycles. The molecule has 0 aliphatic carbocycles. The van der Waals surface area contributed by atoms with Crippen molar-refractivity contribution >= 4 is 16.8 Å². The number of fused-ring (bicyclic) bond motifs is 1. The smallest absolute Gasteiger partial charge is 0.224 e. The first-order valence-corrected chi connectivity index (χ1v) is 8.15. The fourth-order valence-corrected chi connectivity index (χ4v) is 3.28. The summed E-state index contributed by atoms with van der Waals surface area (Å²) in [5.41, 5.74) is 4.67. The van der Waals surface area contributed by atoms with E-state index in [1.165, 1.54) is 16.5 Å². The number of aryl methyl sites for hydroxylation is 2. The van der Waals surface area contributed by atoms with Crippen molar-refractivity contribution in [3.8, 4) is 0 Å². The van der Waals surface area contributed by atoms with Crippen molar-refractivity contribution < 1.29 is 9.53 Å². The number of benzene rings is 1. The highest BCUT2D eigenvalue weighted by Crippen LogP contribution is 2.26. The fraction of sp³-hybridized carbons (Fsp3) is 0.500. The molecular weight excluding hydrogens is 276 g/mol. The Kier molecular flexibility index (Phi) is 4.48. The number of hydrogen-bond donors (Lipinski definition) is 2. The Balaban J connectivity index is 1.78. The van der Waals surface area contributed by atoms with E-state index in [1.807, 2.05) is 6.92 Å². The number of amides is 1. The van der Waals surface area contributed by atoms with E-state index < -0.39 is 0 Å². The lowest BCUT2D eigenvalue weighted by Crippen LogP contribution is -2.41. The van der Waals surface area contributed by atoms with Gasteiger partial charge in [-0.05, 0) is 37.3 Å². The monoisotopic (exact) mass is 300 g/mol. The Morgan fingerprint density at radius 3 is 3.05 bits per heavy atom. The van der Waals surface area contributed by atoms with Gasteiger partial charge in [-0.15, -0.1) is 0 Å². The molecule has 1 aromatic carbocycles. The van der Waals surface area contributed by atoms with Gasteiger partial charge in [0.05, 0.1) is 19.1 Å². The van der Waals surface area contributed by atoms with Gasteiger partial charge in [0.1, 0.15) is 0 Å². The molecule has 1 aliphatic rings. The summed E-state index contributed by atoms with van der Waals surface area (Å²) in [7, 11) is 0. The number of aromatic nitrogens is 1. The highest BCUT2D eigenvalue weighted by Gasteiger charge is 2.18. The summed E-state index contributed by atoms with van der Waals surface area (Å²) < 4.78 is 5.42. The summed E-state index contributed by atoms with van der Waals surface area (Å²) in [6, 6.07) is 6.48. The van der Waals surface area contributed by atoms with Gasteiger partial charge in [-0.25, -0.2) is 0 Å². The summed E-state index contributed by atoms with van der Waals surface area (Å²) in [6.07, 6.45) is 3.45. The Hall–Kier alpha value is -1.81. The van der Waals surface area contributed by atoms with Crippen LogP contribution in [0.1, 0.15) is 36.6 Å². The lowest BCUT2D eigenvalue weighted by Gasteiger charge is -2.23. The number of nitrogens with one attached hydrogen (secondary N) is 2. The molecule has 118 valence electrons. The second-order valence-corrected chi connectivity index (χ2v) is 6.08. The van der Waals surface area contributed by atoms with Gasteiger partial charge in [0, 0.05) is 23.2 Å². The van der Waals surface area contributed by atoms with E-state index in [1.54, 1.807) is 0 Å². The van der Waals surface area contributed by atoms with Crippen LogP contribution >= 0.6 is 0 Å². The van der Waals surface area contributed by atoms with E-state index in [2.05, 4.69) is 35.4 Å². The maximum Gasteiger partial charge on any atom is 0.224 e. The normalized spacial score (nSPS) is 18.5. The Morgan fingerprint density at radius 1 is 1.45 bits per heavy atom. The minimum atomic E-state index is 0.0846. The number of carbonyl (C=O) groups excluding carboxylic acids is 1. The van der Waals surface area contributed by atoms with Crippen LogP contribution in [0.5, 0.6) is 0 Å². The van der Waals surface area contributed by atoms with Crippen LogP contribution in [-0.4, -0.2) is 30.1 Å². The second-order valence-electron chi connectivity index (χ2n) is 6.08. The van der Waals surface area contributed by atoms with Gasteiger partial charge >= 0.3 is 0 Å². The number of ether oxygens (including phenoxy) is 1. The molecule has 0 spiro atoms. The quantitative estimate of drug-likeness (QED) is 0.912. The van der Waals surface area contributed by atoms with Crippen LogP contribution in [0, 0.1) is 6.92 Å². The van der Waals surface area contributed by atoms with Crippen LogP contribution < -0.4 is 5.32 Å². The Labute approximate surface area is 131 Å². The number of rotatable bonds is 4. The van der Waals surface area contributed by atoms with Crippen LogP contribution in [0.25, 0.3) is 10.9 Å². The number of hydrogen-bond acceptors (Lipinski definition) is 2. The molecule has 1 saturated heterocycles. The molecule has 3 rings (SSSR count). The maximum atomic E-state index is 12.3. The molecule has 1 amide bonds. The van der Waals surface area contributed by atoms with Crippen molar-refractivity contribution in [2.45, 2.75) is 45.6 Å². The topological polar surface area (TPSA) is 54.1 Å². The first-order chi connectivity index (χ1) is 10.7. The standard InChI is InChI=1S/C18H24N2O2/c1-3-13-6-4-8-15-16(12(2)19-18(13)15)10-17(21)20-14-7-5-9-22-11-14/h4,6,8,14,19H,3,5,7,9-11H2,1-2H3,(H,20,21). The molecule has 1 atom stereocenters. The SMILES string of the molecule is CCc1cccc2c(CC(=O)NC3CCCOC3)c(C)[nH]c12. The van der Waals surface area contributed by atoms with Crippen molar-refractivity contribution in [3.63, 3.8) is 0 Å². The summed E-state index contributed by atoms with van der Waals surface area (Å²) in [5, 5.41) is 4.27. The van der Waals surface area contributed by atoms with Gasteiger partial charge in [0.2, 0.25) is 5.91 Å². The van der Waals surface area contributed by atoms with Crippen LogP contribution in [-0.2, 0) is 22.4 Å². The largest absolute Gasteiger partial charge is 0.379 e. The fourth-order valence-electron chi connectivity index (χ4n) is 3.28. The van der Waals surface area contributed by atoms with Crippen molar-refractivity contribution in [2.75, 3.05) is 13.2 Å². The van der Waals surface area contributed by atoms with Gasteiger partial charge in [0.25, 0.3) is 0 Å². The van der Waals surface area contributed by atoms with Crippen molar-refractivity contribution in [2.24, 2.45) is 0 Å². The maximum absolute atomic E-state index is 12.3. The van der Waals surface area contributed by atoms with E-state index in [4.69, 9.17) is 4.74 Å². The zero-order valence-electron chi connectivity index (χ0n) is 13.4. The first-order valence-electron chi connectivity index (χ1n) is 8.15. The molecule has 1 aromatic heterocycles. The molecule has 22 heavy (non-hydrogen) atoms. The molecular formula is C18H24N2O2. The summed E-state index contributed by atoms with van der Waals surface area (Å²) >= 11 is 0. The Morgan fingerprint density at radius 2 is 2.32 bits per heavy atom. The number of para-hydroxylation sites is 1. The van der Waals surface area contributed by atoms with Crippen LogP contribution in [0.4, 0.5) is 0 Å². The van der Waals surface area contributed by atoms with Crippen molar-refractivity contribution in [1.29, 1.82) is 0 Å². The summed E-state index contributed by atoms with van der Waals surface area (Å²) in [4.78, 5) is 15.8. The number of carbonyl (C=O) groups is 1. The molecule has 2 N–H and O–H groups in total. The predicted octanol–water partition coefficient (Wildman–Crippen LogP) is 2.88. The first kappa shape index (κ1) is 15.1. The highest BCUT2D eigenvalue weighted by molar-refractivity contribution is 5.91. The average Bonchev–Trinajstić information content (AvgIpc) is 2.84. The number of H-pyrrole nitrogens is 1. The van der Waals surface area contributed by atoms with E-state index in [9.17, 15) is 4.79 Å². The minimum absolute atomic E-state index is 0.0846. The molecule has 4 heteroatoms. The van der Waals surface area contributed by atoms with E-state index >= 15 is 0 Å². The molecule has 1 aliphatic heterocycles. The van der Waals surface area contributed by atoms with Gasteiger partial charge in [-0.2, -0.15) is 0 Å². The molecule has 1 fully saturated rings. The van der Waals surface area contributed by atoms with E-state index in [0.717, 1.165) is 37.1 Å². The van der Waals surface area contributed by atoms with Crippen LogP contribution in [0.15, 0.2) is 18.2 Å². The highest BCUT2D eigenvalue weighted by atomic mass is 16.5.